The van der Waals surface area contributed by atoms with Gasteiger partial charge in [-0.2, -0.15) is 0 Å². The van der Waals surface area contributed by atoms with Crippen LogP contribution in [0.15, 0.2) is 30.3 Å². The molecule has 0 unspecified atom stereocenters. The summed E-state index contributed by atoms with van der Waals surface area (Å²) in [5, 5.41) is 10.2. The molecule has 0 saturated heterocycles. The largest absolute Gasteiger partial charge is 0.508 e. The molecule has 1 aromatic carbocycles. The van der Waals surface area contributed by atoms with Crippen LogP contribution in [0.3, 0.4) is 0 Å². The van der Waals surface area contributed by atoms with E-state index in [0.717, 1.165) is 10.9 Å². The Morgan fingerprint density at radius 1 is 1.23 bits per heavy atom. The second-order valence-corrected chi connectivity index (χ2v) is 2.72. The van der Waals surface area contributed by atoms with E-state index in [1.54, 1.807) is 24.3 Å². The number of aromatic hydroxyl groups is 1. The third-order valence-corrected chi connectivity index (χ3v) is 1.82. The molecule has 1 heterocycles. The van der Waals surface area contributed by atoms with Crippen LogP contribution in [-0.4, -0.2) is 10.1 Å². The van der Waals surface area contributed by atoms with Crippen LogP contribution in [0.4, 0.5) is 5.82 Å². The molecule has 0 radical (unpaired) electrons. The van der Waals surface area contributed by atoms with E-state index in [0.29, 0.717) is 5.82 Å². The Morgan fingerprint density at radius 3 is 2.77 bits per heavy atom. The summed E-state index contributed by atoms with van der Waals surface area (Å²) < 4.78 is 0. The topological polar surface area (TPSA) is 71.2 Å². The lowest BCUT2D eigenvalue weighted by atomic mass is 10.2. The molecule has 1 aromatic heterocycles. The average molecular weight is 175 g/mol. The zero-order valence-corrected chi connectivity index (χ0v) is 6.86. The molecule has 0 saturated carbocycles. The second kappa shape index (κ2) is 2.91. The molecule has 0 aliphatic heterocycles. The lowest BCUT2D eigenvalue weighted by molar-refractivity contribution is 0.476. The van der Waals surface area contributed by atoms with Gasteiger partial charge in [0.15, 0.2) is 0 Å². The van der Waals surface area contributed by atoms with Gasteiger partial charge >= 0.3 is 0 Å². The molecule has 2 aromatic rings. The van der Waals surface area contributed by atoms with Gasteiger partial charge in [0, 0.05) is 11.5 Å². The molecule has 2 rings (SSSR count). The Kier molecular flexibility index (Phi) is 1.75. The first kappa shape index (κ1) is 7.82. The van der Waals surface area contributed by atoms with Crippen LogP contribution in [0.2, 0.25) is 0 Å². The van der Waals surface area contributed by atoms with E-state index in [9.17, 15) is 5.11 Å². The van der Waals surface area contributed by atoms with Gasteiger partial charge in [0.25, 0.3) is 0 Å². The second-order valence-electron chi connectivity index (χ2n) is 2.72. The third kappa shape index (κ3) is 1.39. The fourth-order valence-electron chi connectivity index (χ4n) is 1.19. The minimum atomic E-state index is 0.203. The third-order valence-electron chi connectivity index (χ3n) is 1.82. The number of nitrogens with one attached hydrogen (secondary N) is 1. The molecule has 13 heavy (non-hydrogen) atoms. The average Bonchev–Trinajstić information content (AvgIpc) is 2.16. The lowest BCUT2D eigenvalue weighted by Crippen LogP contribution is -2.07. The van der Waals surface area contributed by atoms with Gasteiger partial charge in [0.05, 0.1) is 5.52 Å². The standard InChI is InChI=1S/C9H9N3O/c10-12-9-4-2-6-1-3-7(13)5-8(6)11-9/h1-5,13H,10H2,(H,11,12). The van der Waals surface area contributed by atoms with E-state index in [1.165, 1.54) is 0 Å². The number of anilines is 1. The van der Waals surface area contributed by atoms with Crippen LogP contribution < -0.4 is 11.3 Å². The number of nitrogens with zero attached hydrogens (tertiary/aromatic N) is 1. The fraction of sp³-hybridized carbons (Fsp3) is 0. The molecule has 0 aliphatic rings. The van der Waals surface area contributed by atoms with E-state index >= 15 is 0 Å². The van der Waals surface area contributed by atoms with Crippen molar-refractivity contribution in [2.24, 2.45) is 5.84 Å². The first-order valence-electron chi connectivity index (χ1n) is 3.86. The highest BCUT2D eigenvalue weighted by Crippen LogP contribution is 2.19. The van der Waals surface area contributed by atoms with Crippen LogP contribution in [0.5, 0.6) is 5.75 Å². The number of hydrogen-bond donors (Lipinski definition) is 3. The Balaban J connectivity index is 2.68. The summed E-state index contributed by atoms with van der Waals surface area (Å²) in [5.74, 6) is 5.99. The van der Waals surface area contributed by atoms with Crippen molar-refractivity contribution >= 4 is 16.7 Å². The number of phenolic OH excluding ortho intramolecular Hbond substituents is 1. The molecule has 0 atom stereocenters. The summed E-state index contributed by atoms with van der Waals surface area (Å²) in [7, 11) is 0. The number of pyridine rings is 1. The number of rotatable bonds is 1. The number of aromatic nitrogens is 1. The number of nitrogens with two attached hydrogens (primary N) is 1. The highest BCUT2D eigenvalue weighted by Gasteiger charge is 1.97. The number of hydrogen-bond acceptors (Lipinski definition) is 4. The van der Waals surface area contributed by atoms with E-state index in [2.05, 4.69) is 10.4 Å². The van der Waals surface area contributed by atoms with Gasteiger partial charge in [-0.05, 0) is 24.3 Å². The van der Waals surface area contributed by atoms with E-state index in [4.69, 9.17) is 5.84 Å². The molecule has 0 amide bonds. The van der Waals surface area contributed by atoms with Crippen molar-refractivity contribution in [2.75, 3.05) is 5.43 Å². The lowest BCUT2D eigenvalue weighted by Gasteiger charge is -2.01. The Morgan fingerprint density at radius 2 is 2.00 bits per heavy atom. The van der Waals surface area contributed by atoms with Crippen molar-refractivity contribution in [3.8, 4) is 5.75 Å². The smallest absolute Gasteiger partial charge is 0.140 e. The first-order valence-corrected chi connectivity index (χ1v) is 3.86. The summed E-state index contributed by atoms with van der Waals surface area (Å²) >= 11 is 0. The highest BCUT2D eigenvalue weighted by molar-refractivity contribution is 5.81. The predicted molar refractivity (Wildman–Crippen MR) is 51.2 cm³/mol. The van der Waals surface area contributed by atoms with Gasteiger partial charge in [-0.15, -0.1) is 0 Å². The molecule has 0 aliphatic carbocycles. The molecule has 4 N–H and O–H groups in total. The molecule has 0 bridgehead atoms. The van der Waals surface area contributed by atoms with E-state index in [-0.39, 0.29) is 5.75 Å². The number of hydrazine groups is 1. The molecule has 0 fully saturated rings. The molecule has 4 heteroatoms. The van der Waals surface area contributed by atoms with Crippen molar-refractivity contribution in [3.63, 3.8) is 0 Å². The first-order chi connectivity index (χ1) is 6.29. The van der Waals surface area contributed by atoms with Gasteiger partial charge in [-0.1, -0.05) is 0 Å². The summed E-state index contributed by atoms with van der Waals surface area (Å²) in [5.41, 5.74) is 3.16. The van der Waals surface area contributed by atoms with Crippen LogP contribution in [0.1, 0.15) is 0 Å². The minimum Gasteiger partial charge on any atom is -0.508 e. The van der Waals surface area contributed by atoms with Crippen molar-refractivity contribution < 1.29 is 5.11 Å². The Bertz CT molecular complexity index is 442. The maximum atomic E-state index is 9.20. The SMILES string of the molecule is NNc1ccc2ccc(O)cc2n1. The Hall–Kier alpha value is -1.81. The summed E-state index contributed by atoms with van der Waals surface area (Å²) in [4.78, 5) is 4.16. The fourth-order valence-corrected chi connectivity index (χ4v) is 1.19. The van der Waals surface area contributed by atoms with Crippen LogP contribution in [0, 0.1) is 0 Å². The number of fused-ring (bicyclic) bond motifs is 1. The van der Waals surface area contributed by atoms with E-state index < -0.39 is 0 Å². The van der Waals surface area contributed by atoms with Gasteiger partial charge in [0.1, 0.15) is 11.6 Å². The van der Waals surface area contributed by atoms with Crippen LogP contribution >= 0.6 is 0 Å². The molecule has 66 valence electrons. The monoisotopic (exact) mass is 175 g/mol. The summed E-state index contributed by atoms with van der Waals surface area (Å²) in [6, 6.07) is 8.68. The molecular weight excluding hydrogens is 166 g/mol. The Labute approximate surface area is 75.0 Å². The summed E-state index contributed by atoms with van der Waals surface area (Å²) in [6.45, 7) is 0. The predicted octanol–water partition coefficient (Wildman–Crippen LogP) is 1.23. The maximum absolute atomic E-state index is 9.20. The highest BCUT2D eigenvalue weighted by atomic mass is 16.3. The quantitative estimate of drug-likeness (QED) is 0.450. The van der Waals surface area contributed by atoms with Crippen molar-refractivity contribution in [1.82, 2.24) is 4.98 Å². The zero-order chi connectivity index (χ0) is 9.26. The number of phenols is 1. The van der Waals surface area contributed by atoms with Crippen LogP contribution in [0.25, 0.3) is 10.9 Å². The minimum absolute atomic E-state index is 0.203. The molecule has 4 nitrogen and oxygen atoms in total. The zero-order valence-electron chi connectivity index (χ0n) is 6.86. The summed E-state index contributed by atoms with van der Waals surface area (Å²) in [6.07, 6.45) is 0. The van der Waals surface area contributed by atoms with Crippen molar-refractivity contribution in [3.05, 3.63) is 30.3 Å². The molecule has 0 spiro atoms. The van der Waals surface area contributed by atoms with Crippen LogP contribution in [-0.2, 0) is 0 Å². The molecular formula is C9H9N3O. The number of benzene rings is 1. The maximum Gasteiger partial charge on any atom is 0.140 e. The number of nitrogen functional groups attached to an aromatic ring is 1. The van der Waals surface area contributed by atoms with Gasteiger partial charge < -0.3 is 10.5 Å². The van der Waals surface area contributed by atoms with Gasteiger partial charge in [-0.3, -0.25) is 0 Å². The van der Waals surface area contributed by atoms with Crippen molar-refractivity contribution in [1.29, 1.82) is 0 Å². The van der Waals surface area contributed by atoms with Gasteiger partial charge in [0.2, 0.25) is 0 Å². The van der Waals surface area contributed by atoms with Gasteiger partial charge in [-0.25, -0.2) is 10.8 Å². The normalized spacial score (nSPS) is 10.2. The van der Waals surface area contributed by atoms with Crippen molar-refractivity contribution in [2.45, 2.75) is 0 Å². The van der Waals surface area contributed by atoms with E-state index in [1.807, 2.05) is 6.07 Å².